The highest BCUT2D eigenvalue weighted by atomic mass is 31.3. The summed E-state index contributed by atoms with van der Waals surface area (Å²) < 4.78 is 69.4. The van der Waals surface area contributed by atoms with Crippen LogP contribution in [0.25, 0.3) is 22.3 Å². The fourth-order valence-electron chi connectivity index (χ4n) is 5.53. The maximum atomic E-state index is 12.5. The molecule has 0 bridgehead atoms. The monoisotopic (exact) mass is 802 g/mol. The lowest BCUT2D eigenvalue weighted by Crippen LogP contribution is -2.46. The van der Waals surface area contributed by atoms with Crippen molar-refractivity contribution in [3.8, 4) is 0 Å². The van der Waals surface area contributed by atoms with Crippen molar-refractivity contribution in [2.75, 3.05) is 18.9 Å². The second-order valence-corrected chi connectivity index (χ2v) is 16.1. The number of aliphatic hydroxyl groups is 4. The van der Waals surface area contributed by atoms with Gasteiger partial charge in [-0.1, -0.05) is 4.98 Å². The molecular formula is C22H31N9O18P3+. The van der Waals surface area contributed by atoms with E-state index in [0.717, 1.165) is 10.9 Å². The molecule has 0 radical (unpaired) electrons. The van der Waals surface area contributed by atoms with Gasteiger partial charge in [0, 0.05) is 6.92 Å². The number of hydrogen-bond donors (Lipinski definition) is 10. The number of rotatable bonds is 12. The number of nitrogens with zero attached hydrogens (tertiary/aromatic N) is 6. The van der Waals surface area contributed by atoms with Gasteiger partial charge >= 0.3 is 29.1 Å². The highest BCUT2D eigenvalue weighted by Crippen LogP contribution is 2.67. The van der Waals surface area contributed by atoms with E-state index < -0.39 is 96.9 Å². The van der Waals surface area contributed by atoms with Gasteiger partial charge in [-0.05, 0) is 0 Å². The van der Waals surface area contributed by atoms with Crippen LogP contribution in [0, 0.1) is 6.92 Å². The quantitative estimate of drug-likeness (QED) is 0.0484. The van der Waals surface area contributed by atoms with Gasteiger partial charge < -0.3 is 50.3 Å². The minimum absolute atomic E-state index is 0.0595. The Morgan fingerprint density at radius 2 is 1.48 bits per heavy atom. The SMILES string of the molecule is Cc1nc2c(c(=O)[nH]1)n(C)c[n+]2[C@H]1O[C@@H](COP(=O)(O)OP(=O)(O)OP(=O)(O)OC[C@H]2O[C@@H](n3cnc4c(=O)[nH]c(N)nc43)C(O)C2O)C(O)C1O. The Morgan fingerprint density at radius 1 is 0.885 bits per heavy atom. The van der Waals surface area contributed by atoms with Crippen molar-refractivity contribution in [2.24, 2.45) is 7.05 Å². The number of aromatic nitrogens is 8. The average molecular weight is 802 g/mol. The number of nitrogens with two attached hydrogens (primary N) is 1. The number of nitrogens with one attached hydrogen (secondary N) is 2. The number of aliphatic hydroxyl groups excluding tert-OH is 4. The number of aromatic amines is 2. The zero-order valence-corrected chi connectivity index (χ0v) is 29.1. The molecule has 7 unspecified atom stereocenters. The summed E-state index contributed by atoms with van der Waals surface area (Å²) in [6.45, 7) is -0.644. The van der Waals surface area contributed by atoms with Gasteiger partial charge in [-0.2, -0.15) is 13.6 Å². The summed E-state index contributed by atoms with van der Waals surface area (Å²) in [5, 5.41) is 42.1. The third kappa shape index (κ3) is 7.53. The molecule has 2 saturated heterocycles. The first-order valence-corrected chi connectivity index (χ1v) is 19.1. The molecule has 30 heteroatoms. The fraction of sp³-hybridized carbons (Fsp3) is 0.545. The Labute approximate surface area is 287 Å². The molecule has 6 heterocycles. The second-order valence-electron chi connectivity index (χ2n) is 11.5. The van der Waals surface area contributed by atoms with Gasteiger partial charge in [0.1, 0.15) is 36.6 Å². The summed E-state index contributed by atoms with van der Waals surface area (Å²) in [5.74, 6) is -0.0863. The molecule has 27 nitrogen and oxygen atoms in total. The lowest BCUT2D eigenvalue weighted by Gasteiger charge is -2.21. The number of fused-ring (bicyclic) bond motifs is 2. The van der Waals surface area contributed by atoms with Crippen molar-refractivity contribution in [1.29, 1.82) is 0 Å². The number of ether oxygens (including phenoxy) is 2. The minimum atomic E-state index is -5.99. The third-order valence-electron chi connectivity index (χ3n) is 7.78. The van der Waals surface area contributed by atoms with Gasteiger partial charge in [-0.25, -0.2) is 23.2 Å². The molecule has 52 heavy (non-hydrogen) atoms. The summed E-state index contributed by atoms with van der Waals surface area (Å²) in [4.78, 5) is 71.2. The first-order valence-electron chi connectivity index (χ1n) is 14.6. The number of H-pyrrole nitrogens is 2. The average Bonchev–Trinajstić information content (AvgIpc) is 3.74. The largest absolute Gasteiger partial charge is 0.490 e. The van der Waals surface area contributed by atoms with E-state index in [4.69, 9.17) is 15.2 Å². The Bertz CT molecular complexity index is 2280. The topological polar surface area (TPSA) is 392 Å². The molecule has 6 rings (SSSR count). The number of imidazole rings is 2. The molecule has 4 aromatic rings. The Morgan fingerprint density at radius 3 is 2.12 bits per heavy atom. The van der Waals surface area contributed by atoms with E-state index in [2.05, 4.69) is 42.6 Å². The van der Waals surface area contributed by atoms with Crippen LogP contribution in [0.3, 0.4) is 0 Å². The number of hydrogen-bond acceptors (Lipinski definition) is 19. The van der Waals surface area contributed by atoms with Crippen LogP contribution in [0.15, 0.2) is 22.2 Å². The maximum absolute atomic E-state index is 12.5. The summed E-state index contributed by atoms with van der Waals surface area (Å²) in [7, 11) is -15.8. The van der Waals surface area contributed by atoms with E-state index in [1.807, 2.05) is 0 Å². The zero-order valence-electron chi connectivity index (χ0n) is 26.4. The van der Waals surface area contributed by atoms with Gasteiger partial charge in [-0.3, -0.25) is 37.7 Å². The molecule has 4 aromatic heterocycles. The van der Waals surface area contributed by atoms with Crippen LogP contribution < -0.4 is 21.4 Å². The van der Waals surface area contributed by atoms with E-state index in [1.54, 1.807) is 0 Å². The highest BCUT2D eigenvalue weighted by Gasteiger charge is 2.50. The van der Waals surface area contributed by atoms with Crippen LogP contribution in [0.2, 0.25) is 0 Å². The molecular weight excluding hydrogens is 771 g/mol. The lowest BCUT2D eigenvalue weighted by molar-refractivity contribution is -0.745. The van der Waals surface area contributed by atoms with Crippen LogP contribution in [-0.2, 0) is 47.9 Å². The molecule has 0 spiro atoms. The number of nitrogen functional groups attached to an aromatic ring is 1. The first kappa shape index (κ1) is 38.4. The van der Waals surface area contributed by atoms with Crippen LogP contribution in [0.1, 0.15) is 18.3 Å². The van der Waals surface area contributed by atoms with Crippen LogP contribution in [0.5, 0.6) is 0 Å². The van der Waals surface area contributed by atoms with Crippen molar-refractivity contribution in [3.05, 3.63) is 39.2 Å². The van der Waals surface area contributed by atoms with Crippen molar-refractivity contribution in [2.45, 2.75) is 56.0 Å². The van der Waals surface area contributed by atoms with E-state index in [9.17, 15) is 58.4 Å². The Balaban J connectivity index is 1.05. The van der Waals surface area contributed by atoms with Crippen LogP contribution >= 0.6 is 23.5 Å². The van der Waals surface area contributed by atoms with E-state index in [-0.39, 0.29) is 34.1 Å². The second kappa shape index (κ2) is 13.8. The molecule has 0 saturated carbocycles. The fourth-order valence-corrected chi connectivity index (χ4v) is 9.05. The van der Waals surface area contributed by atoms with Crippen molar-refractivity contribution in [3.63, 3.8) is 0 Å². The summed E-state index contributed by atoms with van der Waals surface area (Å²) in [6.07, 6.45) is -10.8. The zero-order chi connectivity index (χ0) is 38.1. The molecule has 11 N–H and O–H groups in total. The van der Waals surface area contributed by atoms with E-state index >= 15 is 0 Å². The smallest absolute Gasteiger partial charge is 0.387 e. The molecule has 286 valence electrons. The van der Waals surface area contributed by atoms with E-state index in [0.29, 0.717) is 0 Å². The molecule has 11 atom stereocenters. The van der Waals surface area contributed by atoms with Gasteiger partial charge in [0.15, 0.2) is 29.5 Å². The van der Waals surface area contributed by atoms with Gasteiger partial charge in [0.2, 0.25) is 17.7 Å². The number of anilines is 1. The minimum Gasteiger partial charge on any atom is -0.387 e. The maximum Gasteiger partial charge on any atom is 0.490 e. The molecule has 2 fully saturated rings. The van der Waals surface area contributed by atoms with Crippen molar-refractivity contribution in [1.82, 2.24) is 34.1 Å². The molecule has 2 aliphatic heterocycles. The number of aryl methyl sites for hydroxylation is 2. The van der Waals surface area contributed by atoms with Gasteiger partial charge in [0.05, 0.1) is 26.6 Å². The lowest BCUT2D eigenvalue weighted by atomic mass is 10.1. The van der Waals surface area contributed by atoms with Gasteiger partial charge in [0.25, 0.3) is 11.1 Å². The molecule has 0 amide bonds. The number of phosphoric ester groups is 2. The van der Waals surface area contributed by atoms with E-state index in [1.165, 1.54) is 29.4 Å². The number of phosphoric acid groups is 3. The van der Waals surface area contributed by atoms with Crippen LogP contribution in [0.4, 0.5) is 5.95 Å². The third-order valence-corrected chi connectivity index (χ3v) is 12.0. The molecule has 2 aliphatic rings. The molecule has 0 aromatic carbocycles. The first-order chi connectivity index (χ1) is 24.2. The Hall–Kier alpha value is -3.33. The summed E-state index contributed by atoms with van der Waals surface area (Å²) in [6, 6.07) is 0. The predicted octanol–water partition coefficient (Wildman–Crippen LogP) is -3.82. The summed E-state index contributed by atoms with van der Waals surface area (Å²) >= 11 is 0. The predicted molar refractivity (Wildman–Crippen MR) is 164 cm³/mol. The van der Waals surface area contributed by atoms with Crippen LogP contribution in [-0.4, -0.2) is 119 Å². The standard InChI is InChI=1S/C22H30N9O18P3/c1-7-25-17-11(19(37)26-7)29(2)6-31(17)21-15(35)13(33)9(47-21)4-45-51(40,41)49-52(42,43)48-50(38,39)44-3-8-12(32)14(34)20(46-8)30-5-24-10-16(30)27-22(23)28-18(10)36/h5-6,8-9,12-15,20-21,32-35H,3-4H2,1-2H3,(H6-,23,25,26,27,28,36,37,38,39,40,41,42,43)/p+1/t8-,9+,12?,13?,14?,15?,20-,21+/m1/s1. The summed E-state index contributed by atoms with van der Waals surface area (Å²) in [5.41, 5.74) is 4.11. The Kier molecular flexibility index (Phi) is 10.2. The highest BCUT2D eigenvalue weighted by molar-refractivity contribution is 7.66. The molecule has 0 aliphatic carbocycles. The van der Waals surface area contributed by atoms with Crippen molar-refractivity contribution < 1.29 is 80.5 Å². The van der Waals surface area contributed by atoms with Crippen molar-refractivity contribution >= 4 is 51.7 Å². The van der Waals surface area contributed by atoms with Gasteiger partial charge in [-0.15, -0.1) is 0 Å². The normalized spacial score (nSPS) is 30.1.